The van der Waals surface area contributed by atoms with Gasteiger partial charge in [0.25, 0.3) is 5.91 Å². The van der Waals surface area contributed by atoms with Gasteiger partial charge >= 0.3 is 11.9 Å². The quantitative estimate of drug-likeness (QED) is 0.213. The van der Waals surface area contributed by atoms with Crippen LogP contribution in [0.4, 0.5) is 4.39 Å². The summed E-state index contributed by atoms with van der Waals surface area (Å²) in [5.41, 5.74) is 2.27. The first-order valence-electron chi connectivity index (χ1n) is 12.2. The molecular weight excluding hydrogens is 541 g/mol. The van der Waals surface area contributed by atoms with E-state index in [9.17, 15) is 34.1 Å². The fraction of sp³-hybridized carbons (Fsp3) is 0.172. The molecule has 0 aliphatic carbocycles. The van der Waals surface area contributed by atoms with Crippen LogP contribution in [0.25, 0.3) is 11.1 Å². The minimum absolute atomic E-state index is 0.114. The number of amides is 1. The largest absolute Gasteiger partial charge is 0.479 e. The zero-order valence-electron chi connectivity index (χ0n) is 21.0. The SMILES string of the molecule is O=C(NC(Cc1ccc(-c2ccccc2)cc1)CC(O)C(=O)O)c1cc(C(=O)O)n(Cc2ccc(Cl)cc2F)n1. The molecule has 4 aromatic rings. The van der Waals surface area contributed by atoms with Gasteiger partial charge in [-0.05, 0) is 35.2 Å². The molecule has 0 spiro atoms. The van der Waals surface area contributed by atoms with Gasteiger partial charge in [0.1, 0.15) is 11.5 Å². The Labute approximate surface area is 233 Å². The number of aliphatic carboxylic acids is 1. The predicted molar refractivity (Wildman–Crippen MR) is 145 cm³/mol. The number of aromatic nitrogens is 2. The second-order valence-electron chi connectivity index (χ2n) is 9.14. The molecule has 1 heterocycles. The van der Waals surface area contributed by atoms with Gasteiger partial charge in [0.15, 0.2) is 11.8 Å². The number of halogens is 2. The molecule has 40 heavy (non-hydrogen) atoms. The summed E-state index contributed by atoms with van der Waals surface area (Å²) in [4.78, 5) is 36.2. The smallest absolute Gasteiger partial charge is 0.354 e. The van der Waals surface area contributed by atoms with Gasteiger partial charge in [0, 0.05) is 29.1 Å². The third-order valence-corrected chi connectivity index (χ3v) is 6.47. The van der Waals surface area contributed by atoms with Crippen LogP contribution in [-0.2, 0) is 17.8 Å². The summed E-state index contributed by atoms with van der Waals surface area (Å²) in [6.45, 7) is -0.271. The third-order valence-electron chi connectivity index (χ3n) is 6.24. The van der Waals surface area contributed by atoms with Gasteiger partial charge in [-0.25, -0.2) is 14.0 Å². The number of aliphatic hydroxyl groups is 1. The molecule has 0 aliphatic rings. The van der Waals surface area contributed by atoms with E-state index in [1.54, 1.807) is 0 Å². The molecule has 2 atom stereocenters. The third kappa shape index (κ3) is 7.10. The van der Waals surface area contributed by atoms with Crippen LogP contribution in [0.2, 0.25) is 5.02 Å². The Bertz CT molecular complexity index is 1520. The summed E-state index contributed by atoms with van der Waals surface area (Å²) in [6, 6.07) is 21.3. The zero-order chi connectivity index (χ0) is 28.8. The number of carboxylic acid groups (broad SMARTS) is 2. The highest BCUT2D eigenvalue weighted by molar-refractivity contribution is 6.30. The Kier molecular flexibility index (Phi) is 8.93. The standard InChI is InChI=1S/C29H25ClFN3O6/c30-21-11-10-20(23(31)13-21)16-34-25(28(37)38)15-24(33-34)27(36)32-22(14-26(35)29(39)40)12-17-6-8-19(9-7-17)18-4-2-1-3-5-18/h1-11,13,15,22,26,35H,12,14,16H2,(H,32,36)(H,37,38)(H,39,40). The molecule has 0 saturated carbocycles. The summed E-state index contributed by atoms with van der Waals surface area (Å²) in [7, 11) is 0. The summed E-state index contributed by atoms with van der Waals surface area (Å²) in [5.74, 6) is -4.26. The molecule has 4 rings (SSSR count). The van der Waals surface area contributed by atoms with Crippen molar-refractivity contribution < 1.29 is 34.1 Å². The van der Waals surface area contributed by atoms with Gasteiger partial charge in [-0.1, -0.05) is 72.3 Å². The number of rotatable bonds is 11. The highest BCUT2D eigenvalue weighted by Crippen LogP contribution is 2.21. The van der Waals surface area contributed by atoms with Crippen molar-refractivity contribution in [3.63, 3.8) is 0 Å². The van der Waals surface area contributed by atoms with Crippen LogP contribution >= 0.6 is 11.6 Å². The minimum Gasteiger partial charge on any atom is -0.479 e. The van der Waals surface area contributed by atoms with Gasteiger partial charge in [0.2, 0.25) is 0 Å². The van der Waals surface area contributed by atoms with Gasteiger partial charge in [-0.15, -0.1) is 0 Å². The van der Waals surface area contributed by atoms with E-state index in [4.69, 9.17) is 11.6 Å². The Morgan fingerprint density at radius 1 is 0.950 bits per heavy atom. The minimum atomic E-state index is -1.74. The molecule has 11 heteroatoms. The first-order chi connectivity index (χ1) is 19.1. The molecule has 1 aromatic heterocycles. The van der Waals surface area contributed by atoms with Crippen LogP contribution in [0.5, 0.6) is 0 Å². The molecule has 1 amide bonds. The number of carbonyl (C=O) groups excluding carboxylic acids is 1. The summed E-state index contributed by atoms with van der Waals surface area (Å²) in [6.07, 6.45) is -1.86. The molecule has 3 aromatic carbocycles. The number of aromatic carboxylic acids is 1. The number of carbonyl (C=O) groups is 3. The van der Waals surface area contributed by atoms with Crippen LogP contribution in [0.15, 0.2) is 78.9 Å². The van der Waals surface area contributed by atoms with Crippen LogP contribution in [-0.4, -0.2) is 55.1 Å². The van der Waals surface area contributed by atoms with Gasteiger partial charge in [0.05, 0.1) is 6.54 Å². The normalized spacial score (nSPS) is 12.5. The summed E-state index contributed by atoms with van der Waals surface area (Å²) in [5, 5.41) is 35.7. The lowest BCUT2D eigenvalue weighted by Crippen LogP contribution is -2.40. The fourth-order valence-electron chi connectivity index (χ4n) is 4.20. The topological polar surface area (TPSA) is 142 Å². The van der Waals surface area contributed by atoms with E-state index in [1.807, 2.05) is 54.6 Å². The van der Waals surface area contributed by atoms with Crippen molar-refractivity contribution in [2.45, 2.75) is 31.5 Å². The van der Waals surface area contributed by atoms with Crippen molar-refractivity contribution in [1.82, 2.24) is 15.1 Å². The highest BCUT2D eigenvalue weighted by atomic mass is 35.5. The number of nitrogens with one attached hydrogen (secondary N) is 1. The summed E-state index contributed by atoms with van der Waals surface area (Å²) < 4.78 is 15.3. The number of hydrogen-bond acceptors (Lipinski definition) is 5. The number of hydrogen-bond donors (Lipinski definition) is 4. The molecule has 9 nitrogen and oxygen atoms in total. The first kappa shape index (κ1) is 28.5. The van der Waals surface area contributed by atoms with Crippen molar-refractivity contribution >= 4 is 29.4 Å². The fourth-order valence-corrected chi connectivity index (χ4v) is 4.36. The van der Waals surface area contributed by atoms with Crippen LogP contribution in [0, 0.1) is 5.82 Å². The van der Waals surface area contributed by atoms with E-state index in [-0.39, 0.29) is 41.4 Å². The van der Waals surface area contributed by atoms with Crippen LogP contribution < -0.4 is 5.32 Å². The molecule has 4 N–H and O–H groups in total. The van der Waals surface area contributed by atoms with E-state index in [1.165, 1.54) is 12.1 Å². The van der Waals surface area contributed by atoms with Crippen molar-refractivity contribution in [2.75, 3.05) is 0 Å². The molecule has 0 fully saturated rings. The molecular formula is C29H25ClFN3O6. The number of nitrogens with zero attached hydrogens (tertiary/aromatic N) is 2. The van der Waals surface area contributed by atoms with Gasteiger partial charge in [-0.2, -0.15) is 5.10 Å². The molecule has 206 valence electrons. The molecule has 0 saturated heterocycles. The van der Waals surface area contributed by atoms with Gasteiger partial charge < -0.3 is 20.6 Å². The highest BCUT2D eigenvalue weighted by Gasteiger charge is 2.25. The molecule has 0 aliphatic heterocycles. The Morgan fingerprint density at radius 2 is 1.62 bits per heavy atom. The Morgan fingerprint density at radius 3 is 2.25 bits per heavy atom. The molecule has 2 unspecified atom stereocenters. The Balaban J connectivity index is 1.54. The average Bonchev–Trinajstić information content (AvgIpc) is 3.35. The van der Waals surface area contributed by atoms with Crippen molar-refractivity contribution in [1.29, 1.82) is 0 Å². The van der Waals surface area contributed by atoms with E-state index < -0.39 is 35.8 Å². The lowest BCUT2D eigenvalue weighted by Gasteiger charge is -2.20. The average molecular weight is 566 g/mol. The maximum Gasteiger partial charge on any atom is 0.354 e. The maximum atomic E-state index is 14.3. The lowest BCUT2D eigenvalue weighted by molar-refractivity contribution is -0.147. The predicted octanol–water partition coefficient (Wildman–Crippen LogP) is 4.27. The number of benzene rings is 3. The van der Waals surface area contributed by atoms with Crippen molar-refractivity contribution in [3.05, 3.63) is 112 Å². The monoisotopic (exact) mass is 565 g/mol. The van der Waals surface area contributed by atoms with Gasteiger partial charge in [-0.3, -0.25) is 9.48 Å². The number of aliphatic hydroxyl groups excluding tert-OH is 1. The van der Waals surface area contributed by atoms with Crippen molar-refractivity contribution in [3.8, 4) is 11.1 Å². The molecule has 0 radical (unpaired) electrons. The maximum absolute atomic E-state index is 14.3. The zero-order valence-corrected chi connectivity index (χ0v) is 21.8. The lowest BCUT2D eigenvalue weighted by atomic mass is 9.97. The second kappa shape index (κ2) is 12.5. The second-order valence-corrected chi connectivity index (χ2v) is 9.58. The van der Waals surface area contributed by atoms with E-state index in [0.717, 1.165) is 33.5 Å². The van der Waals surface area contributed by atoms with E-state index in [2.05, 4.69) is 10.4 Å². The van der Waals surface area contributed by atoms with Crippen LogP contribution in [0.3, 0.4) is 0 Å². The molecule has 0 bridgehead atoms. The van der Waals surface area contributed by atoms with E-state index >= 15 is 0 Å². The van der Waals surface area contributed by atoms with Crippen molar-refractivity contribution in [2.24, 2.45) is 0 Å². The summed E-state index contributed by atoms with van der Waals surface area (Å²) >= 11 is 5.78. The Hall–Kier alpha value is -4.54. The number of carboxylic acids is 2. The van der Waals surface area contributed by atoms with E-state index in [0.29, 0.717) is 0 Å². The van der Waals surface area contributed by atoms with Crippen LogP contribution in [0.1, 0.15) is 38.5 Å². The first-order valence-corrected chi connectivity index (χ1v) is 12.6.